The van der Waals surface area contributed by atoms with E-state index in [0.717, 1.165) is 23.0 Å². The first-order valence-corrected chi connectivity index (χ1v) is 5.99. The summed E-state index contributed by atoms with van der Waals surface area (Å²) in [4.78, 5) is 11.0. The van der Waals surface area contributed by atoms with Crippen molar-refractivity contribution >= 4 is 11.9 Å². The van der Waals surface area contributed by atoms with Gasteiger partial charge in [-0.3, -0.25) is 4.79 Å². The smallest absolute Gasteiger partial charge is 0.150 e. The third-order valence-electron chi connectivity index (χ3n) is 3.11. The van der Waals surface area contributed by atoms with Crippen molar-refractivity contribution in [2.75, 3.05) is 0 Å². The molecule has 0 atom stereocenters. The van der Waals surface area contributed by atoms with E-state index in [0.29, 0.717) is 6.42 Å². The molecule has 0 amide bonds. The number of carbonyl (C=O) groups is 1. The summed E-state index contributed by atoms with van der Waals surface area (Å²) in [5, 5.41) is 0. The summed E-state index contributed by atoms with van der Waals surface area (Å²) in [5.74, 6) is 0. The maximum absolute atomic E-state index is 11.0. The van der Waals surface area contributed by atoms with Crippen molar-refractivity contribution in [2.24, 2.45) is 0 Å². The van der Waals surface area contributed by atoms with Crippen molar-refractivity contribution in [3.05, 3.63) is 77.4 Å². The van der Waals surface area contributed by atoms with Crippen molar-refractivity contribution in [1.82, 2.24) is 0 Å². The molecule has 2 rings (SSSR count). The zero-order chi connectivity index (χ0) is 13.0. The molecule has 0 unspecified atom stereocenters. The lowest BCUT2D eigenvalue weighted by Crippen LogP contribution is -1.96. The minimum Gasteiger partial charge on any atom is -0.298 e. The third kappa shape index (κ3) is 2.57. The van der Waals surface area contributed by atoms with Gasteiger partial charge in [-0.25, -0.2) is 0 Å². The van der Waals surface area contributed by atoms with Gasteiger partial charge in [0.15, 0.2) is 0 Å². The van der Waals surface area contributed by atoms with E-state index < -0.39 is 0 Å². The van der Waals surface area contributed by atoms with Gasteiger partial charge in [-0.2, -0.15) is 0 Å². The molecule has 90 valence electrons. The lowest BCUT2D eigenvalue weighted by molar-refractivity contribution is 0.112. The SMILES string of the molecule is C=C(Cc1ccccc1C=O)c1ccccc1C. The van der Waals surface area contributed by atoms with Crippen LogP contribution in [0.5, 0.6) is 0 Å². The molecule has 0 fully saturated rings. The first-order chi connectivity index (χ1) is 8.72. The Morgan fingerprint density at radius 2 is 1.78 bits per heavy atom. The Morgan fingerprint density at radius 3 is 2.50 bits per heavy atom. The zero-order valence-electron chi connectivity index (χ0n) is 10.5. The Balaban J connectivity index is 2.27. The van der Waals surface area contributed by atoms with E-state index in [2.05, 4.69) is 25.6 Å². The van der Waals surface area contributed by atoms with Gasteiger partial charge >= 0.3 is 0 Å². The molecule has 0 radical (unpaired) electrons. The predicted octanol–water partition coefficient (Wildman–Crippen LogP) is 4.06. The number of aldehydes is 1. The normalized spacial score (nSPS) is 10.1. The number of rotatable bonds is 4. The van der Waals surface area contributed by atoms with Gasteiger partial charge in [-0.05, 0) is 35.6 Å². The standard InChI is InChI=1S/C17H16O/c1-13-7-3-6-10-17(13)14(2)11-15-8-4-5-9-16(15)12-18/h3-10,12H,2,11H2,1H3. The third-order valence-corrected chi connectivity index (χ3v) is 3.11. The van der Waals surface area contributed by atoms with Crippen LogP contribution < -0.4 is 0 Å². The molecule has 1 heteroatoms. The van der Waals surface area contributed by atoms with Crippen LogP contribution in [-0.2, 0) is 6.42 Å². The Labute approximate surface area is 108 Å². The van der Waals surface area contributed by atoms with Crippen LogP contribution in [0, 0.1) is 6.92 Å². The van der Waals surface area contributed by atoms with E-state index in [1.165, 1.54) is 11.1 Å². The van der Waals surface area contributed by atoms with Crippen molar-refractivity contribution in [2.45, 2.75) is 13.3 Å². The summed E-state index contributed by atoms with van der Waals surface area (Å²) < 4.78 is 0. The fourth-order valence-electron chi connectivity index (χ4n) is 2.10. The van der Waals surface area contributed by atoms with Crippen LogP contribution >= 0.6 is 0 Å². The first kappa shape index (κ1) is 12.3. The largest absolute Gasteiger partial charge is 0.298 e. The Hall–Kier alpha value is -2.15. The van der Waals surface area contributed by atoms with Crippen LogP contribution in [0.25, 0.3) is 5.57 Å². The average molecular weight is 236 g/mol. The molecule has 0 bridgehead atoms. The molecular weight excluding hydrogens is 220 g/mol. The van der Waals surface area contributed by atoms with Crippen LogP contribution in [0.1, 0.15) is 27.0 Å². The molecule has 18 heavy (non-hydrogen) atoms. The van der Waals surface area contributed by atoms with Crippen molar-refractivity contribution in [3.8, 4) is 0 Å². The maximum atomic E-state index is 11.0. The zero-order valence-corrected chi connectivity index (χ0v) is 10.5. The topological polar surface area (TPSA) is 17.1 Å². The van der Waals surface area contributed by atoms with Crippen molar-refractivity contribution < 1.29 is 4.79 Å². The van der Waals surface area contributed by atoms with Crippen LogP contribution in [0.2, 0.25) is 0 Å². The molecule has 0 saturated carbocycles. The average Bonchev–Trinajstić information content (AvgIpc) is 2.39. The summed E-state index contributed by atoms with van der Waals surface area (Å²) >= 11 is 0. The quantitative estimate of drug-likeness (QED) is 0.731. The number of hydrogen-bond acceptors (Lipinski definition) is 1. The number of hydrogen-bond donors (Lipinski definition) is 0. The molecule has 2 aromatic rings. The molecule has 0 aliphatic heterocycles. The second-order valence-electron chi connectivity index (χ2n) is 4.41. The molecular formula is C17H16O. The minimum absolute atomic E-state index is 0.708. The van der Waals surface area contributed by atoms with Crippen LogP contribution in [0.4, 0.5) is 0 Å². The molecule has 0 saturated heterocycles. The van der Waals surface area contributed by atoms with Gasteiger partial charge in [-0.1, -0.05) is 55.1 Å². The highest BCUT2D eigenvalue weighted by atomic mass is 16.1. The summed E-state index contributed by atoms with van der Waals surface area (Å²) in [6.45, 7) is 6.22. The van der Waals surface area contributed by atoms with E-state index >= 15 is 0 Å². The van der Waals surface area contributed by atoms with E-state index in [1.807, 2.05) is 36.4 Å². The van der Waals surface area contributed by atoms with E-state index in [-0.39, 0.29) is 0 Å². The van der Waals surface area contributed by atoms with Gasteiger partial charge < -0.3 is 0 Å². The van der Waals surface area contributed by atoms with Gasteiger partial charge in [0.1, 0.15) is 6.29 Å². The molecule has 0 heterocycles. The molecule has 0 aliphatic rings. The summed E-state index contributed by atoms with van der Waals surface area (Å²) in [5.41, 5.74) is 5.19. The predicted molar refractivity (Wildman–Crippen MR) is 75.7 cm³/mol. The minimum atomic E-state index is 0.708. The van der Waals surface area contributed by atoms with Crippen LogP contribution in [0.15, 0.2) is 55.1 Å². The number of allylic oxidation sites excluding steroid dienone is 1. The highest BCUT2D eigenvalue weighted by Gasteiger charge is 2.06. The second-order valence-corrected chi connectivity index (χ2v) is 4.41. The summed E-state index contributed by atoms with van der Waals surface area (Å²) in [7, 11) is 0. The van der Waals surface area contributed by atoms with Gasteiger partial charge in [0.2, 0.25) is 0 Å². The molecule has 0 aliphatic carbocycles. The van der Waals surface area contributed by atoms with Crippen LogP contribution in [0.3, 0.4) is 0 Å². The molecule has 0 spiro atoms. The van der Waals surface area contributed by atoms with Gasteiger partial charge in [-0.15, -0.1) is 0 Å². The highest BCUT2D eigenvalue weighted by Crippen LogP contribution is 2.22. The fraction of sp³-hybridized carbons (Fsp3) is 0.118. The maximum Gasteiger partial charge on any atom is 0.150 e. The number of benzene rings is 2. The van der Waals surface area contributed by atoms with Crippen LogP contribution in [-0.4, -0.2) is 6.29 Å². The summed E-state index contributed by atoms with van der Waals surface area (Å²) in [6.07, 6.45) is 1.61. The molecule has 0 N–H and O–H groups in total. The first-order valence-electron chi connectivity index (χ1n) is 5.99. The van der Waals surface area contributed by atoms with E-state index in [9.17, 15) is 4.79 Å². The van der Waals surface area contributed by atoms with E-state index in [4.69, 9.17) is 0 Å². The summed E-state index contributed by atoms with van der Waals surface area (Å²) in [6, 6.07) is 15.8. The number of aryl methyl sites for hydroxylation is 1. The molecule has 0 aromatic heterocycles. The van der Waals surface area contributed by atoms with Gasteiger partial charge in [0.05, 0.1) is 0 Å². The lowest BCUT2D eigenvalue weighted by Gasteiger charge is -2.10. The lowest BCUT2D eigenvalue weighted by atomic mass is 9.94. The van der Waals surface area contributed by atoms with Crippen molar-refractivity contribution in [3.63, 3.8) is 0 Å². The van der Waals surface area contributed by atoms with Crippen molar-refractivity contribution in [1.29, 1.82) is 0 Å². The number of carbonyl (C=O) groups excluding carboxylic acids is 1. The molecule has 2 aromatic carbocycles. The monoisotopic (exact) mass is 236 g/mol. The second kappa shape index (κ2) is 5.46. The Morgan fingerprint density at radius 1 is 1.11 bits per heavy atom. The van der Waals surface area contributed by atoms with Gasteiger partial charge in [0.25, 0.3) is 0 Å². The van der Waals surface area contributed by atoms with E-state index in [1.54, 1.807) is 0 Å². The Kier molecular flexibility index (Phi) is 3.73. The van der Waals surface area contributed by atoms with Gasteiger partial charge in [0, 0.05) is 5.56 Å². The highest BCUT2D eigenvalue weighted by molar-refractivity contribution is 5.79. The Bertz CT molecular complexity index is 582. The fourth-order valence-corrected chi connectivity index (χ4v) is 2.10. The molecule has 1 nitrogen and oxygen atoms in total.